The Kier molecular flexibility index (Phi) is 4.74. The molecule has 0 aromatic heterocycles. The number of benzene rings is 2. The number of halogens is 1. The normalized spacial score (nSPS) is 10.5. The third kappa shape index (κ3) is 3.83. The molecule has 2 rings (SSSR count). The molecule has 0 aliphatic rings. The van der Waals surface area contributed by atoms with Crippen molar-refractivity contribution >= 4 is 23.7 Å². The van der Waals surface area contributed by atoms with Gasteiger partial charge in [-0.05, 0) is 54.1 Å². The van der Waals surface area contributed by atoms with E-state index in [4.69, 9.17) is 16.3 Å². The van der Waals surface area contributed by atoms with Gasteiger partial charge in [0.15, 0.2) is 0 Å². The number of carbonyl (C=O) groups is 1. The van der Waals surface area contributed by atoms with E-state index in [1.807, 2.05) is 24.3 Å². The van der Waals surface area contributed by atoms with Crippen LogP contribution in [0.5, 0.6) is 5.75 Å². The number of amides is 1. The fourth-order valence-corrected chi connectivity index (χ4v) is 1.65. The van der Waals surface area contributed by atoms with Crippen LogP contribution in [0.25, 0.3) is 0 Å². The minimum absolute atomic E-state index is 0.286. The quantitative estimate of drug-likeness (QED) is 0.694. The largest absolute Gasteiger partial charge is 0.497 e. The molecule has 4 nitrogen and oxygen atoms in total. The fourth-order valence-electron chi connectivity index (χ4n) is 1.52. The number of carbonyl (C=O) groups excluding carboxylic acids is 1. The molecule has 0 bridgehead atoms. The summed E-state index contributed by atoms with van der Waals surface area (Å²) in [6, 6.07) is 13.9. The van der Waals surface area contributed by atoms with Gasteiger partial charge >= 0.3 is 0 Å². The first-order valence-electron chi connectivity index (χ1n) is 5.92. The molecule has 0 aliphatic carbocycles. The number of rotatable bonds is 4. The molecule has 0 spiro atoms. The third-order valence-electron chi connectivity index (χ3n) is 2.60. The second-order valence-corrected chi connectivity index (χ2v) is 4.42. The van der Waals surface area contributed by atoms with Gasteiger partial charge in [-0.1, -0.05) is 11.6 Å². The summed E-state index contributed by atoms with van der Waals surface area (Å²) in [5, 5.41) is 4.48. The summed E-state index contributed by atoms with van der Waals surface area (Å²) >= 11 is 5.75. The van der Waals surface area contributed by atoms with Crippen LogP contribution in [-0.2, 0) is 0 Å². The molecule has 0 saturated heterocycles. The third-order valence-corrected chi connectivity index (χ3v) is 2.85. The second kappa shape index (κ2) is 6.73. The van der Waals surface area contributed by atoms with E-state index >= 15 is 0 Å². The molecule has 0 saturated carbocycles. The van der Waals surface area contributed by atoms with Gasteiger partial charge in [0.25, 0.3) is 5.91 Å². The van der Waals surface area contributed by atoms with Crippen LogP contribution in [0.1, 0.15) is 15.9 Å². The molecule has 5 heteroatoms. The lowest BCUT2D eigenvalue weighted by Crippen LogP contribution is -2.17. The standard InChI is InChI=1S/C15H13ClN2O2/c1-20-14-8-2-11(3-9-14)10-17-18-15(19)12-4-6-13(16)7-5-12/h2-10H,1H3,(H,18,19)/b17-10-. The van der Waals surface area contributed by atoms with Gasteiger partial charge in [0.05, 0.1) is 13.3 Å². The minimum Gasteiger partial charge on any atom is -0.497 e. The number of hydrazone groups is 1. The molecule has 102 valence electrons. The summed E-state index contributed by atoms with van der Waals surface area (Å²) in [7, 11) is 1.61. The molecule has 0 fully saturated rings. The van der Waals surface area contributed by atoms with E-state index in [1.165, 1.54) is 0 Å². The van der Waals surface area contributed by atoms with Gasteiger partial charge in [0.1, 0.15) is 5.75 Å². The highest BCUT2D eigenvalue weighted by Gasteiger charge is 2.02. The van der Waals surface area contributed by atoms with Crippen LogP contribution >= 0.6 is 11.6 Å². The average molecular weight is 289 g/mol. The van der Waals surface area contributed by atoms with Gasteiger partial charge in [0.2, 0.25) is 0 Å². The van der Waals surface area contributed by atoms with Crippen molar-refractivity contribution in [3.63, 3.8) is 0 Å². The van der Waals surface area contributed by atoms with Crippen LogP contribution in [-0.4, -0.2) is 19.2 Å². The van der Waals surface area contributed by atoms with Gasteiger partial charge in [-0.25, -0.2) is 5.43 Å². The van der Waals surface area contributed by atoms with Gasteiger partial charge in [0, 0.05) is 10.6 Å². The Labute approximate surface area is 122 Å². The Morgan fingerprint density at radius 1 is 1.15 bits per heavy atom. The van der Waals surface area contributed by atoms with Crippen molar-refractivity contribution < 1.29 is 9.53 Å². The van der Waals surface area contributed by atoms with Crippen LogP contribution < -0.4 is 10.2 Å². The highest BCUT2D eigenvalue weighted by molar-refractivity contribution is 6.30. The Morgan fingerprint density at radius 2 is 1.80 bits per heavy atom. The van der Waals surface area contributed by atoms with Crippen molar-refractivity contribution in [1.82, 2.24) is 5.43 Å². The Hall–Kier alpha value is -2.33. The maximum absolute atomic E-state index is 11.8. The molecule has 0 aliphatic heterocycles. The molecule has 1 N–H and O–H groups in total. The Morgan fingerprint density at radius 3 is 2.40 bits per heavy atom. The lowest BCUT2D eigenvalue weighted by atomic mass is 10.2. The number of nitrogens with one attached hydrogen (secondary N) is 1. The number of ether oxygens (including phenoxy) is 1. The highest BCUT2D eigenvalue weighted by Crippen LogP contribution is 2.10. The second-order valence-electron chi connectivity index (χ2n) is 3.98. The summed E-state index contributed by atoms with van der Waals surface area (Å²) in [5.41, 5.74) is 3.82. The smallest absolute Gasteiger partial charge is 0.271 e. The minimum atomic E-state index is -0.286. The zero-order chi connectivity index (χ0) is 14.4. The van der Waals surface area contributed by atoms with Gasteiger partial charge in [-0.15, -0.1) is 0 Å². The molecule has 1 amide bonds. The van der Waals surface area contributed by atoms with E-state index in [-0.39, 0.29) is 5.91 Å². The van der Waals surface area contributed by atoms with Crippen molar-refractivity contribution in [2.45, 2.75) is 0 Å². The van der Waals surface area contributed by atoms with Crippen LogP contribution in [0, 0.1) is 0 Å². The predicted octanol–water partition coefficient (Wildman–Crippen LogP) is 3.11. The summed E-state index contributed by atoms with van der Waals surface area (Å²) < 4.78 is 5.05. The molecule has 0 heterocycles. The van der Waals surface area contributed by atoms with Crippen molar-refractivity contribution in [2.24, 2.45) is 5.10 Å². The van der Waals surface area contributed by atoms with E-state index in [0.29, 0.717) is 10.6 Å². The lowest BCUT2D eigenvalue weighted by molar-refractivity contribution is 0.0955. The van der Waals surface area contributed by atoms with Crippen molar-refractivity contribution in [2.75, 3.05) is 7.11 Å². The van der Waals surface area contributed by atoms with Crippen LogP contribution in [0.15, 0.2) is 53.6 Å². The van der Waals surface area contributed by atoms with E-state index in [1.54, 1.807) is 37.6 Å². The van der Waals surface area contributed by atoms with E-state index in [0.717, 1.165) is 11.3 Å². The number of hydrogen-bond donors (Lipinski definition) is 1. The number of hydrogen-bond acceptors (Lipinski definition) is 3. The van der Waals surface area contributed by atoms with Crippen LogP contribution in [0.3, 0.4) is 0 Å². The molecule has 0 unspecified atom stereocenters. The maximum atomic E-state index is 11.8. The predicted molar refractivity (Wildman–Crippen MR) is 79.5 cm³/mol. The summed E-state index contributed by atoms with van der Waals surface area (Å²) in [6.45, 7) is 0. The van der Waals surface area contributed by atoms with E-state index < -0.39 is 0 Å². The SMILES string of the molecule is COc1ccc(/C=N\NC(=O)c2ccc(Cl)cc2)cc1. The molecule has 0 radical (unpaired) electrons. The Bertz CT molecular complexity index is 607. The Balaban J connectivity index is 1.95. The zero-order valence-corrected chi connectivity index (χ0v) is 11.6. The molecule has 2 aromatic carbocycles. The first-order valence-corrected chi connectivity index (χ1v) is 6.30. The monoisotopic (exact) mass is 288 g/mol. The van der Waals surface area contributed by atoms with Crippen molar-refractivity contribution in [3.05, 3.63) is 64.7 Å². The highest BCUT2D eigenvalue weighted by atomic mass is 35.5. The van der Waals surface area contributed by atoms with Crippen LogP contribution in [0.4, 0.5) is 0 Å². The fraction of sp³-hybridized carbons (Fsp3) is 0.0667. The van der Waals surface area contributed by atoms with Crippen molar-refractivity contribution in [1.29, 1.82) is 0 Å². The molecular weight excluding hydrogens is 276 g/mol. The number of methoxy groups -OCH3 is 1. The molecule has 2 aromatic rings. The topological polar surface area (TPSA) is 50.7 Å². The molecule has 0 atom stereocenters. The molecular formula is C15H13ClN2O2. The first-order chi connectivity index (χ1) is 9.69. The van der Waals surface area contributed by atoms with Gasteiger partial charge < -0.3 is 4.74 Å². The number of nitrogens with zero attached hydrogens (tertiary/aromatic N) is 1. The summed E-state index contributed by atoms with van der Waals surface area (Å²) in [6.07, 6.45) is 1.56. The lowest BCUT2D eigenvalue weighted by Gasteiger charge is -2.00. The maximum Gasteiger partial charge on any atom is 0.271 e. The molecule has 20 heavy (non-hydrogen) atoms. The van der Waals surface area contributed by atoms with Crippen LogP contribution in [0.2, 0.25) is 5.02 Å². The van der Waals surface area contributed by atoms with E-state index in [2.05, 4.69) is 10.5 Å². The summed E-state index contributed by atoms with van der Waals surface area (Å²) in [5.74, 6) is 0.485. The summed E-state index contributed by atoms with van der Waals surface area (Å²) in [4.78, 5) is 11.8. The average Bonchev–Trinajstić information content (AvgIpc) is 2.48. The van der Waals surface area contributed by atoms with Gasteiger partial charge in [-0.2, -0.15) is 5.10 Å². The van der Waals surface area contributed by atoms with Gasteiger partial charge in [-0.3, -0.25) is 4.79 Å². The van der Waals surface area contributed by atoms with Crippen molar-refractivity contribution in [3.8, 4) is 5.75 Å². The zero-order valence-electron chi connectivity index (χ0n) is 10.8. The van der Waals surface area contributed by atoms with E-state index in [9.17, 15) is 4.79 Å². The first kappa shape index (κ1) is 14.1.